The van der Waals surface area contributed by atoms with Gasteiger partial charge in [-0.2, -0.15) is 0 Å². The van der Waals surface area contributed by atoms with Crippen molar-refractivity contribution in [2.75, 3.05) is 39.4 Å². The van der Waals surface area contributed by atoms with E-state index in [1.165, 1.54) is 0 Å². The third-order valence-corrected chi connectivity index (χ3v) is 5.12. The van der Waals surface area contributed by atoms with Crippen molar-refractivity contribution in [1.29, 1.82) is 0 Å². The molecule has 2 atom stereocenters. The van der Waals surface area contributed by atoms with Crippen molar-refractivity contribution >= 4 is 5.91 Å². The van der Waals surface area contributed by atoms with E-state index in [1.54, 1.807) is 0 Å². The van der Waals surface area contributed by atoms with E-state index in [-0.39, 0.29) is 11.9 Å². The highest BCUT2D eigenvalue weighted by atomic mass is 16.5. The minimum Gasteiger partial charge on any atom is -0.379 e. The highest BCUT2D eigenvalue weighted by molar-refractivity contribution is 5.81. The Hall–Kier alpha value is -1.40. The lowest BCUT2D eigenvalue weighted by molar-refractivity contribution is -0.139. The van der Waals surface area contributed by atoms with E-state index in [4.69, 9.17) is 4.74 Å². The molecule has 0 aliphatic carbocycles. The molecule has 6 nitrogen and oxygen atoms in total. The first-order valence-electron chi connectivity index (χ1n) is 8.83. The Kier molecular flexibility index (Phi) is 5.33. The molecule has 2 aliphatic heterocycles. The third kappa shape index (κ3) is 3.58. The summed E-state index contributed by atoms with van der Waals surface area (Å²) in [6.07, 6.45) is 7.05. The highest BCUT2D eigenvalue weighted by Crippen LogP contribution is 2.24. The van der Waals surface area contributed by atoms with Crippen LogP contribution in [-0.4, -0.2) is 70.7 Å². The highest BCUT2D eigenvalue weighted by Gasteiger charge is 2.31. The van der Waals surface area contributed by atoms with Crippen molar-refractivity contribution in [3.8, 4) is 0 Å². The summed E-state index contributed by atoms with van der Waals surface area (Å²) in [5, 5.41) is 0. The first-order valence-corrected chi connectivity index (χ1v) is 8.83. The Labute approximate surface area is 138 Å². The lowest BCUT2D eigenvalue weighted by Crippen LogP contribution is -2.53. The SMILES string of the molecule is CCc1nccn1[C@@H]1CCCN(C(=O)[C@@H](C)N2CCOCC2)C1. The molecule has 3 heterocycles. The second-order valence-corrected chi connectivity index (χ2v) is 6.51. The third-order valence-electron chi connectivity index (χ3n) is 5.12. The number of rotatable bonds is 4. The Morgan fingerprint density at radius 3 is 2.91 bits per heavy atom. The van der Waals surface area contributed by atoms with E-state index in [1.807, 2.05) is 18.0 Å². The Bertz CT molecular complexity index is 524. The normalized spacial score (nSPS) is 24.6. The van der Waals surface area contributed by atoms with Crippen LogP contribution in [0, 0.1) is 0 Å². The van der Waals surface area contributed by atoms with Crippen LogP contribution in [0.1, 0.15) is 38.6 Å². The van der Waals surface area contributed by atoms with Gasteiger partial charge in [0.15, 0.2) is 0 Å². The fourth-order valence-electron chi connectivity index (χ4n) is 3.72. The summed E-state index contributed by atoms with van der Waals surface area (Å²) in [4.78, 5) is 21.6. The van der Waals surface area contributed by atoms with Crippen LogP contribution in [0.15, 0.2) is 12.4 Å². The Balaban J connectivity index is 1.64. The zero-order valence-electron chi connectivity index (χ0n) is 14.3. The molecule has 23 heavy (non-hydrogen) atoms. The number of carbonyl (C=O) groups is 1. The lowest BCUT2D eigenvalue weighted by atomic mass is 10.0. The lowest BCUT2D eigenvalue weighted by Gasteiger charge is -2.38. The molecule has 0 aromatic carbocycles. The van der Waals surface area contributed by atoms with Gasteiger partial charge in [-0.3, -0.25) is 9.69 Å². The van der Waals surface area contributed by atoms with Gasteiger partial charge in [0.25, 0.3) is 0 Å². The predicted molar refractivity (Wildman–Crippen MR) is 88.3 cm³/mol. The van der Waals surface area contributed by atoms with Gasteiger partial charge < -0.3 is 14.2 Å². The standard InChI is InChI=1S/C17H28N4O2/c1-3-16-18-6-8-21(16)15-5-4-7-20(13-15)17(22)14(2)19-9-11-23-12-10-19/h6,8,14-15H,3-5,7,9-13H2,1-2H3/t14-,15-/m1/s1. The molecule has 6 heteroatoms. The number of likely N-dealkylation sites (tertiary alicyclic amines) is 1. The van der Waals surface area contributed by atoms with Crippen LogP contribution < -0.4 is 0 Å². The Morgan fingerprint density at radius 2 is 2.17 bits per heavy atom. The molecular weight excluding hydrogens is 292 g/mol. The number of amides is 1. The van der Waals surface area contributed by atoms with Crippen LogP contribution in [-0.2, 0) is 16.0 Å². The van der Waals surface area contributed by atoms with Gasteiger partial charge >= 0.3 is 0 Å². The maximum Gasteiger partial charge on any atom is 0.239 e. The minimum absolute atomic E-state index is 0.0499. The van der Waals surface area contributed by atoms with Crippen molar-refractivity contribution < 1.29 is 9.53 Å². The number of morpholine rings is 1. The summed E-state index contributed by atoms with van der Waals surface area (Å²) in [7, 11) is 0. The monoisotopic (exact) mass is 320 g/mol. The van der Waals surface area contributed by atoms with E-state index in [0.29, 0.717) is 6.04 Å². The fourth-order valence-corrected chi connectivity index (χ4v) is 3.72. The summed E-state index contributed by atoms with van der Waals surface area (Å²) in [6, 6.07) is 0.313. The molecular formula is C17H28N4O2. The Morgan fingerprint density at radius 1 is 1.39 bits per heavy atom. The molecule has 0 radical (unpaired) electrons. The van der Waals surface area contributed by atoms with Gasteiger partial charge in [0.05, 0.1) is 25.3 Å². The molecule has 0 saturated carbocycles. The van der Waals surface area contributed by atoms with Crippen molar-refractivity contribution in [2.24, 2.45) is 0 Å². The summed E-state index contributed by atoms with van der Waals surface area (Å²) >= 11 is 0. The molecule has 0 unspecified atom stereocenters. The number of piperidine rings is 1. The van der Waals surface area contributed by atoms with E-state index < -0.39 is 0 Å². The maximum absolute atomic E-state index is 12.9. The van der Waals surface area contributed by atoms with Gasteiger partial charge in [-0.05, 0) is 19.8 Å². The number of hydrogen-bond acceptors (Lipinski definition) is 4. The van der Waals surface area contributed by atoms with Crippen molar-refractivity contribution in [3.05, 3.63) is 18.2 Å². The zero-order chi connectivity index (χ0) is 16.2. The summed E-state index contributed by atoms with van der Waals surface area (Å²) < 4.78 is 7.65. The van der Waals surface area contributed by atoms with E-state index in [2.05, 4.69) is 27.6 Å². The van der Waals surface area contributed by atoms with Crippen molar-refractivity contribution in [3.63, 3.8) is 0 Å². The molecule has 2 aliphatic rings. The number of hydrogen-bond donors (Lipinski definition) is 0. The predicted octanol–water partition coefficient (Wildman–Crippen LogP) is 1.33. The summed E-state index contributed by atoms with van der Waals surface area (Å²) in [5.74, 6) is 1.38. The molecule has 1 aromatic rings. The summed E-state index contributed by atoms with van der Waals surface area (Å²) in [5.41, 5.74) is 0. The number of nitrogens with zero attached hydrogens (tertiary/aromatic N) is 4. The molecule has 128 valence electrons. The van der Waals surface area contributed by atoms with Crippen LogP contribution in [0.5, 0.6) is 0 Å². The number of carbonyl (C=O) groups excluding carboxylic acids is 1. The van der Waals surface area contributed by atoms with E-state index >= 15 is 0 Å². The van der Waals surface area contributed by atoms with Gasteiger partial charge in [-0.1, -0.05) is 6.92 Å². The first kappa shape index (κ1) is 16.5. The fraction of sp³-hybridized carbons (Fsp3) is 0.765. The van der Waals surface area contributed by atoms with Crippen LogP contribution in [0.4, 0.5) is 0 Å². The molecule has 0 spiro atoms. The second-order valence-electron chi connectivity index (χ2n) is 6.51. The summed E-state index contributed by atoms with van der Waals surface area (Å²) in [6.45, 7) is 9.01. The molecule has 1 aromatic heterocycles. The largest absolute Gasteiger partial charge is 0.379 e. The van der Waals surface area contributed by atoms with Gasteiger partial charge in [0, 0.05) is 45.0 Å². The zero-order valence-corrected chi connectivity index (χ0v) is 14.3. The van der Waals surface area contributed by atoms with E-state index in [9.17, 15) is 4.79 Å². The number of ether oxygens (including phenoxy) is 1. The number of aryl methyl sites for hydroxylation is 1. The average molecular weight is 320 g/mol. The van der Waals surface area contributed by atoms with Gasteiger partial charge in [-0.15, -0.1) is 0 Å². The molecule has 2 fully saturated rings. The van der Waals surface area contributed by atoms with Crippen LogP contribution in [0.3, 0.4) is 0 Å². The quantitative estimate of drug-likeness (QED) is 0.840. The van der Waals surface area contributed by atoms with Crippen LogP contribution in [0.25, 0.3) is 0 Å². The smallest absolute Gasteiger partial charge is 0.239 e. The molecule has 0 N–H and O–H groups in total. The van der Waals surface area contributed by atoms with Gasteiger partial charge in [0.2, 0.25) is 5.91 Å². The average Bonchev–Trinajstić information content (AvgIpc) is 3.10. The van der Waals surface area contributed by atoms with Crippen molar-refractivity contribution in [2.45, 2.75) is 45.2 Å². The van der Waals surface area contributed by atoms with Gasteiger partial charge in [-0.25, -0.2) is 4.98 Å². The second kappa shape index (κ2) is 7.45. The molecule has 1 amide bonds. The minimum atomic E-state index is -0.0499. The first-order chi connectivity index (χ1) is 11.2. The molecule has 3 rings (SSSR count). The van der Waals surface area contributed by atoms with Gasteiger partial charge in [0.1, 0.15) is 5.82 Å². The number of imidazole rings is 1. The number of aromatic nitrogens is 2. The van der Waals surface area contributed by atoms with Crippen molar-refractivity contribution in [1.82, 2.24) is 19.4 Å². The molecule has 0 bridgehead atoms. The van der Waals surface area contributed by atoms with Crippen LogP contribution in [0.2, 0.25) is 0 Å². The maximum atomic E-state index is 12.9. The topological polar surface area (TPSA) is 50.6 Å². The van der Waals surface area contributed by atoms with E-state index in [0.717, 1.165) is 64.5 Å². The van der Waals surface area contributed by atoms with Crippen LogP contribution >= 0.6 is 0 Å². The molecule has 2 saturated heterocycles.